The Bertz CT molecular complexity index is 837. The summed E-state index contributed by atoms with van der Waals surface area (Å²) in [5, 5.41) is 2.97. The highest BCUT2D eigenvalue weighted by Gasteiger charge is 2.15. The number of amides is 1. The van der Waals surface area contributed by atoms with Gasteiger partial charge in [0, 0.05) is 12.4 Å². The Morgan fingerprint density at radius 3 is 2.65 bits per heavy atom. The van der Waals surface area contributed by atoms with E-state index in [0.717, 1.165) is 22.5 Å². The van der Waals surface area contributed by atoms with E-state index in [9.17, 15) is 4.79 Å². The lowest BCUT2D eigenvalue weighted by Crippen LogP contribution is -2.26. The third-order valence-corrected chi connectivity index (χ3v) is 3.87. The molecule has 0 unspecified atom stereocenters. The van der Waals surface area contributed by atoms with Crippen molar-refractivity contribution in [3.8, 4) is 5.75 Å². The number of carbonyl (C=O) groups is 1. The minimum absolute atomic E-state index is 0.112. The van der Waals surface area contributed by atoms with Crippen LogP contribution in [0, 0.1) is 6.92 Å². The van der Waals surface area contributed by atoms with Gasteiger partial charge in [0.25, 0.3) is 5.91 Å². The van der Waals surface area contributed by atoms with Gasteiger partial charge in [0.15, 0.2) is 0 Å². The number of hydrogen-bond acceptors (Lipinski definition) is 3. The van der Waals surface area contributed by atoms with Crippen molar-refractivity contribution in [2.75, 3.05) is 7.11 Å². The molecule has 0 spiro atoms. The van der Waals surface area contributed by atoms with Gasteiger partial charge in [0.2, 0.25) is 0 Å². The van der Waals surface area contributed by atoms with Crippen molar-refractivity contribution in [2.24, 2.45) is 0 Å². The number of methoxy groups -OCH3 is 1. The van der Waals surface area contributed by atoms with Gasteiger partial charge in [-0.05, 0) is 43.2 Å². The first-order valence-corrected chi connectivity index (χ1v) is 7.47. The number of pyridine rings is 1. The van der Waals surface area contributed by atoms with E-state index in [0.29, 0.717) is 5.69 Å². The van der Waals surface area contributed by atoms with E-state index >= 15 is 0 Å². The van der Waals surface area contributed by atoms with E-state index < -0.39 is 0 Å². The van der Waals surface area contributed by atoms with Gasteiger partial charge in [0.05, 0.1) is 13.2 Å². The molecule has 0 bridgehead atoms. The molecule has 0 radical (unpaired) electrons. The molecule has 1 amide bonds. The quantitative estimate of drug-likeness (QED) is 0.805. The topological polar surface area (TPSA) is 55.6 Å². The SMILES string of the molecule is COc1ccc([C@H](C)NC(=O)c2cn3cccc(C)c3n2)cc1. The molecule has 0 saturated carbocycles. The van der Waals surface area contributed by atoms with Crippen LogP contribution in [0.4, 0.5) is 0 Å². The number of nitrogens with zero attached hydrogens (tertiary/aromatic N) is 2. The van der Waals surface area contributed by atoms with Gasteiger partial charge in [0.1, 0.15) is 17.1 Å². The monoisotopic (exact) mass is 309 g/mol. The van der Waals surface area contributed by atoms with Crippen molar-refractivity contribution in [3.05, 3.63) is 65.6 Å². The van der Waals surface area contributed by atoms with Crippen molar-refractivity contribution in [2.45, 2.75) is 19.9 Å². The largest absolute Gasteiger partial charge is 0.497 e. The second kappa shape index (κ2) is 6.12. The standard InChI is InChI=1S/C18H19N3O2/c1-12-5-4-10-21-11-16(20-17(12)21)18(22)19-13(2)14-6-8-15(23-3)9-7-14/h4-11,13H,1-3H3,(H,19,22)/t13-/m0/s1. The molecule has 1 atom stereocenters. The van der Waals surface area contributed by atoms with Crippen LogP contribution in [0.25, 0.3) is 5.65 Å². The zero-order valence-electron chi connectivity index (χ0n) is 13.4. The van der Waals surface area contributed by atoms with Gasteiger partial charge in [-0.15, -0.1) is 0 Å². The van der Waals surface area contributed by atoms with Crippen LogP contribution in [0.5, 0.6) is 5.75 Å². The van der Waals surface area contributed by atoms with Gasteiger partial charge in [-0.1, -0.05) is 18.2 Å². The van der Waals surface area contributed by atoms with Crippen LogP contribution >= 0.6 is 0 Å². The van der Waals surface area contributed by atoms with Crippen molar-refractivity contribution in [3.63, 3.8) is 0 Å². The average Bonchev–Trinajstić information content (AvgIpc) is 3.00. The smallest absolute Gasteiger partial charge is 0.271 e. The number of imidazole rings is 1. The van der Waals surface area contributed by atoms with Gasteiger partial charge in [-0.3, -0.25) is 4.79 Å². The molecule has 0 saturated heterocycles. The molecule has 2 heterocycles. The fraction of sp³-hybridized carbons (Fsp3) is 0.222. The molecule has 23 heavy (non-hydrogen) atoms. The zero-order valence-corrected chi connectivity index (χ0v) is 13.4. The van der Waals surface area contributed by atoms with Crippen LogP contribution in [0.15, 0.2) is 48.8 Å². The Kier molecular flexibility index (Phi) is 4.02. The highest BCUT2D eigenvalue weighted by Crippen LogP contribution is 2.18. The van der Waals surface area contributed by atoms with E-state index in [1.54, 1.807) is 13.3 Å². The van der Waals surface area contributed by atoms with E-state index in [-0.39, 0.29) is 11.9 Å². The van der Waals surface area contributed by atoms with Crippen LogP contribution in [-0.2, 0) is 0 Å². The molecule has 5 nitrogen and oxygen atoms in total. The number of aryl methyl sites for hydroxylation is 1. The molecule has 2 aromatic heterocycles. The first kappa shape index (κ1) is 15.1. The van der Waals surface area contributed by atoms with Gasteiger partial charge in [-0.25, -0.2) is 4.98 Å². The van der Waals surface area contributed by atoms with Crippen LogP contribution in [0.1, 0.15) is 34.6 Å². The molecule has 1 N–H and O–H groups in total. The van der Waals surface area contributed by atoms with Gasteiger partial charge < -0.3 is 14.5 Å². The van der Waals surface area contributed by atoms with Crippen LogP contribution in [0.3, 0.4) is 0 Å². The number of ether oxygens (including phenoxy) is 1. The Labute approximate surface area is 134 Å². The van der Waals surface area contributed by atoms with Crippen molar-refractivity contribution in [1.29, 1.82) is 0 Å². The Morgan fingerprint density at radius 1 is 1.26 bits per heavy atom. The zero-order chi connectivity index (χ0) is 16.4. The van der Waals surface area contributed by atoms with Gasteiger partial charge in [-0.2, -0.15) is 0 Å². The lowest BCUT2D eigenvalue weighted by molar-refractivity contribution is 0.0935. The highest BCUT2D eigenvalue weighted by atomic mass is 16.5. The molecular weight excluding hydrogens is 290 g/mol. The number of nitrogens with one attached hydrogen (secondary N) is 1. The number of hydrogen-bond donors (Lipinski definition) is 1. The second-order valence-corrected chi connectivity index (χ2v) is 5.52. The number of fused-ring (bicyclic) bond motifs is 1. The predicted molar refractivity (Wildman–Crippen MR) is 88.8 cm³/mol. The van der Waals surface area contributed by atoms with E-state index in [1.165, 1.54) is 0 Å². The summed E-state index contributed by atoms with van der Waals surface area (Å²) in [6.07, 6.45) is 3.64. The summed E-state index contributed by atoms with van der Waals surface area (Å²) in [4.78, 5) is 16.8. The summed E-state index contributed by atoms with van der Waals surface area (Å²) in [5.41, 5.74) is 3.27. The molecule has 0 fully saturated rings. The van der Waals surface area contributed by atoms with Crippen LogP contribution in [-0.4, -0.2) is 22.4 Å². The highest BCUT2D eigenvalue weighted by molar-refractivity contribution is 5.93. The molecule has 118 valence electrons. The van der Waals surface area contributed by atoms with Crippen molar-refractivity contribution in [1.82, 2.24) is 14.7 Å². The van der Waals surface area contributed by atoms with E-state index in [1.807, 2.05) is 60.8 Å². The Hall–Kier alpha value is -2.82. The summed E-state index contributed by atoms with van der Waals surface area (Å²) >= 11 is 0. The Balaban J connectivity index is 1.77. The lowest BCUT2D eigenvalue weighted by atomic mass is 10.1. The molecular formula is C18H19N3O2. The maximum absolute atomic E-state index is 12.4. The van der Waals surface area contributed by atoms with E-state index in [4.69, 9.17) is 4.74 Å². The molecule has 3 rings (SSSR count). The summed E-state index contributed by atoms with van der Waals surface area (Å²) in [6.45, 7) is 3.92. The third-order valence-electron chi connectivity index (χ3n) is 3.87. The predicted octanol–water partition coefficient (Wildman–Crippen LogP) is 3.14. The summed E-state index contributed by atoms with van der Waals surface area (Å²) in [6, 6.07) is 11.4. The maximum atomic E-state index is 12.4. The fourth-order valence-electron chi connectivity index (χ4n) is 2.51. The first-order chi connectivity index (χ1) is 11.1. The Morgan fingerprint density at radius 2 is 2.00 bits per heavy atom. The lowest BCUT2D eigenvalue weighted by Gasteiger charge is -2.13. The number of benzene rings is 1. The summed E-state index contributed by atoms with van der Waals surface area (Å²) < 4.78 is 7.01. The number of rotatable bonds is 4. The average molecular weight is 309 g/mol. The number of aromatic nitrogens is 2. The molecule has 1 aromatic carbocycles. The number of carbonyl (C=O) groups excluding carboxylic acids is 1. The van der Waals surface area contributed by atoms with Crippen LogP contribution < -0.4 is 10.1 Å². The van der Waals surface area contributed by atoms with Gasteiger partial charge >= 0.3 is 0 Å². The maximum Gasteiger partial charge on any atom is 0.271 e. The molecule has 0 aliphatic rings. The molecule has 0 aliphatic carbocycles. The summed E-state index contributed by atoms with van der Waals surface area (Å²) in [7, 11) is 1.63. The first-order valence-electron chi connectivity index (χ1n) is 7.47. The molecule has 5 heteroatoms. The second-order valence-electron chi connectivity index (χ2n) is 5.52. The van der Waals surface area contributed by atoms with Crippen molar-refractivity contribution >= 4 is 11.6 Å². The van der Waals surface area contributed by atoms with Crippen molar-refractivity contribution < 1.29 is 9.53 Å². The summed E-state index contributed by atoms with van der Waals surface area (Å²) in [5.74, 6) is 0.611. The normalized spacial score (nSPS) is 12.1. The minimum atomic E-state index is -0.184. The minimum Gasteiger partial charge on any atom is -0.497 e. The molecule has 0 aliphatic heterocycles. The van der Waals surface area contributed by atoms with E-state index in [2.05, 4.69) is 10.3 Å². The molecule has 3 aromatic rings. The fourth-order valence-corrected chi connectivity index (χ4v) is 2.51. The third kappa shape index (κ3) is 3.04. The van der Waals surface area contributed by atoms with Crippen LogP contribution in [0.2, 0.25) is 0 Å².